The number of benzene rings is 1. The quantitative estimate of drug-likeness (QED) is 0.502. The van der Waals surface area contributed by atoms with Gasteiger partial charge in [0, 0.05) is 57.6 Å². The average molecular weight is 508 g/mol. The van der Waals surface area contributed by atoms with E-state index in [4.69, 9.17) is 19.8 Å². The molecule has 2 aromatic heterocycles. The van der Waals surface area contributed by atoms with Crippen LogP contribution in [0.4, 0.5) is 16.3 Å². The van der Waals surface area contributed by atoms with Crippen molar-refractivity contribution in [3.63, 3.8) is 0 Å². The van der Waals surface area contributed by atoms with Gasteiger partial charge in [0.2, 0.25) is 0 Å². The van der Waals surface area contributed by atoms with Gasteiger partial charge in [-0.15, -0.1) is 0 Å². The first-order chi connectivity index (χ1) is 18.0. The van der Waals surface area contributed by atoms with Crippen molar-refractivity contribution in [1.29, 1.82) is 0 Å². The van der Waals surface area contributed by atoms with Gasteiger partial charge in [0.15, 0.2) is 11.5 Å². The zero-order valence-electron chi connectivity index (χ0n) is 22.0. The highest BCUT2D eigenvalue weighted by atomic mass is 16.5. The summed E-state index contributed by atoms with van der Waals surface area (Å²) in [7, 11) is 5.84. The Balaban J connectivity index is 1.45. The Hall–Kier alpha value is -3.28. The smallest absolute Gasteiger partial charge is 0.318 e. The van der Waals surface area contributed by atoms with Crippen LogP contribution < -0.4 is 15.5 Å². The third kappa shape index (κ3) is 5.84. The summed E-state index contributed by atoms with van der Waals surface area (Å²) in [6, 6.07) is 7.68. The number of nitrogens with one attached hydrogen (secondary N) is 2. The van der Waals surface area contributed by atoms with Crippen molar-refractivity contribution in [3.05, 3.63) is 30.5 Å². The minimum Gasteiger partial charge on any atom is -0.378 e. The Labute approximate surface area is 217 Å². The third-order valence-corrected chi connectivity index (χ3v) is 7.14. The Bertz CT molecular complexity index is 1200. The summed E-state index contributed by atoms with van der Waals surface area (Å²) in [6.07, 6.45) is 4.03. The molecule has 198 valence electrons. The van der Waals surface area contributed by atoms with E-state index in [9.17, 15) is 4.79 Å². The molecule has 4 heterocycles. The number of anilines is 2. The molecule has 0 atom stereocenters. The van der Waals surface area contributed by atoms with E-state index in [-0.39, 0.29) is 6.03 Å². The molecule has 2 amide bonds. The van der Waals surface area contributed by atoms with Gasteiger partial charge in [-0.05, 0) is 51.2 Å². The molecule has 11 nitrogen and oxygen atoms in total. The standard InChI is InChI=1S/C26H37N9O2/c1-27-26(36)29-20-6-4-19(5-7-20)23-30-24(34-14-16-37-17-15-34)22-18-28-35(25(22)31-23)21-8-10-33(11-9-21)13-12-32(2)3/h4-7,18,21H,8-17H2,1-3H3,(H2,27,29,36). The van der Waals surface area contributed by atoms with E-state index in [0.29, 0.717) is 30.8 Å². The molecule has 37 heavy (non-hydrogen) atoms. The number of fused-ring (bicyclic) bond motifs is 1. The van der Waals surface area contributed by atoms with Crippen LogP contribution in [0.1, 0.15) is 18.9 Å². The minimum atomic E-state index is -0.253. The zero-order valence-corrected chi connectivity index (χ0v) is 22.0. The SMILES string of the molecule is CNC(=O)Nc1ccc(-c2nc(N3CCOCC3)c3cnn(C4CCN(CCN(C)C)CC4)c3n2)cc1. The first kappa shape index (κ1) is 25.4. The molecule has 2 fully saturated rings. The molecule has 2 saturated heterocycles. The van der Waals surface area contributed by atoms with Crippen LogP contribution in [0.2, 0.25) is 0 Å². The molecule has 3 aromatic rings. The molecule has 11 heteroatoms. The summed E-state index contributed by atoms with van der Waals surface area (Å²) in [5.41, 5.74) is 2.49. The average Bonchev–Trinajstić information content (AvgIpc) is 3.36. The number of morpholine rings is 1. The van der Waals surface area contributed by atoms with Crippen molar-refractivity contribution >= 4 is 28.6 Å². The first-order valence-corrected chi connectivity index (χ1v) is 13.1. The van der Waals surface area contributed by atoms with Crippen LogP contribution in [0.15, 0.2) is 30.5 Å². The fraction of sp³-hybridized carbons (Fsp3) is 0.538. The maximum atomic E-state index is 11.7. The number of carbonyl (C=O) groups is 1. The van der Waals surface area contributed by atoms with E-state index in [2.05, 4.69) is 44.1 Å². The van der Waals surface area contributed by atoms with Crippen LogP contribution in [0, 0.1) is 0 Å². The van der Waals surface area contributed by atoms with Crippen LogP contribution in [0.5, 0.6) is 0 Å². The lowest BCUT2D eigenvalue weighted by Gasteiger charge is -2.33. The molecule has 2 aliphatic heterocycles. The monoisotopic (exact) mass is 507 g/mol. The van der Waals surface area contributed by atoms with E-state index in [1.165, 1.54) is 0 Å². The summed E-state index contributed by atoms with van der Waals surface area (Å²) < 4.78 is 7.71. The summed E-state index contributed by atoms with van der Waals surface area (Å²) in [6.45, 7) is 7.23. The van der Waals surface area contributed by atoms with Gasteiger partial charge in [0.05, 0.1) is 30.8 Å². The Morgan fingerprint density at radius 2 is 1.81 bits per heavy atom. The number of piperidine rings is 1. The summed E-state index contributed by atoms with van der Waals surface area (Å²) >= 11 is 0. The number of likely N-dealkylation sites (tertiary alicyclic amines) is 1. The maximum absolute atomic E-state index is 11.7. The molecule has 0 saturated carbocycles. The Morgan fingerprint density at radius 1 is 1.08 bits per heavy atom. The van der Waals surface area contributed by atoms with E-state index in [1.807, 2.05) is 30.5 Å². The van der Waals surface area contributed by atoms with Crippen molar-refractivity contribution in [2.75, 3.05) is 83.8 Å². The largest absolute Gasteiger partial charge is 0.378 e. The van der Waals surface area contributed by atoms with Gasteiger partial charge in [0.1, 0.15) is 5.82 Å². The number of amides is 2. The highest BCUT2D eigenvalue weighted by Crippen LogP contribution is 2.32. The molecule has 0 unspecified atom stereocenters. The van der Waals surface area contributed by atoms with Gasteiger partial charge >= 0.3 is 6.03 Å². The molecule has 0 spiro atoms. The normalized spacial score (nSPS) is 17.5. The molecule has 2 N–H and O–H groups in total. The Morgan fingerprint density at radius 3 is 2.49 bits per heavy atom. The number of hydrogen-bond donors (Lipinski definition) is 2. The number of aromatic nitrogens is 4. The fourth-order valence-corrected chi connectivity index (χ4v) is 4.95. The van der Waals surface area contributed by atoms with Gasteiger partial charge in [-0.3, -0.25) is 0 Å². The van der Waals surface area contributed by atoms with E-state index >= 15 is 0 Å². The summed E-state index contributed by atoms with van der Waals surface area (Å²) in [5, 5.41) is 11.2. The predicted octanol–water partition coefficient (Wildman–Crippen LogP) is 2.28. The Kier molecular flexibility index (Phi) is 7.82. The van der Waals surface area contributed by atoms with Crippen molar-refractivity contribution in [2.45, 2.75) is 18.9 Å². The zero-order chi connectivity index (χ0) is 25.8. The van der Waals surface area contributed by atoms with Crippen molar-refractivity contribution < 1.29 is 9.53 Å². The lowest BCUT2D eigenvalue weighted by atomic mass is 10.1. The third-order valence-electron chi connectivity index (χ3n) is 7.14. The molecular formula is C26H37N9O2. The van der Waals surface area contributed by atoms with Crippen LogP contribution in [-0.2, 0) is 4.74 Å². The molecular weight excluding hydrogens is 470 g/mol. The molecule has 1 aromatic carbocycles. The molecule has 0 bridgehead atoms. The second-order valence-electron chi connectivity index (χ2n) is 9.95. The number of carbonyl (C=O) groups excluding carboxylic acids is 1. The number of hydrogen-bond acceptors (Lipinski definition) is 8. The molecule has 0 aliphatic carbocycles. The number of ether oxygens (including phenoxy) is 1. The second-order valence-corrected chi connectivity index (χ2v) is 9.95. The summed E-state index contributed by atoms with van der Waals surface area (Å²) in [5.74, 6) is 1.57. The van der Waals surface area contributed by atoms with Gasteiger partial charge < -0.3 is 30.1 Å². The van der Waals surface area contributed by atoms with Crippen LogP contribution in [0.3, 0.4) is 0 Å². The lowest BCUT2D eigenvalue weighted by Crippen LogP contribution is -2.38. The van der Waals surface area contributed by atoms with Crippen LogP contribution in [-0.4, -0.2) is 109 Å². The number of nitrogens with zero attached hydrogens (tertiary/aromatic N) is 7. The maximum Gasteiger partial charge on any atom is 0.318 e. The topological polar surface area (TPSA) is 104 Å². The number of rotatable bonds is 7. The molecule has 5 rings (SSSR count). The predicted molar refractivity (Wildman–Crippen MR) is 145 cm³/mol. The highest BCUT2D eigenvalue weighted by molar-refractivity contribution is 5.90. The van der Waals surface area contributed by atoms with Gasteiger partial charge in [0.25, 0.3) is 0 Å². The summed E-state index contributed by atoms with van der Waals surface area (Å²) in [4.78, 5) is 28.8. The minimum absolute atomic E-state index is 0.253. The van der Waals surface area contributed by atoms with Crippen molar-refractivity contribution in [2.24, 2.45) is 0 Å². The number of urea groups is 1. The van der Waals surface area contributed by atoms with Gasteiger partial charge in [-0.1, -0.05) is 0 Å². The molecule has 0 radical (unpaired) electrons. The highest BCUT2D eigenvalue weighted by Gasteiger charge is 2.26. The van der Waals surface area contributed by atoms with Crippen molar-refractivity contribution in [3.8, 4) is 11.4 Å². The van der Waals surface area contributed by atoms with Gasteiger partial charge in [-0.25, -0.2) is 19.4 Å². The molecule has 2 aliphatic rings. The number of likely N-dealkylation sites (N-methyl/N-ethyl adjacent to an activating group) is 1. The lowest BCUT2D eigenvalue weighted by molar-refractivity contribution is 0.122. The fourth-order valence-electron chi connectivity index (χ4n) is 4.95. The second kappa shape index (κ2) is 11.4. The van der Waals surface area contributed by atoms with E-state index < -0.39 is 0 Å². The van der Waals surface area contributed by atoms with E-state index in [1.54, 1.807) is 7.05 Å². The van der Waals surface area contributed by atoms with Crippen molar-refractivity contribution in [1.82, 2.24) is 34.9 Å². The van der Waals surface area contributed by atoms with E-state index in [0.717, 1.165) is 74.5 Å². The van der Waals surface area contributed by atoms with Gasteiger partial charge in [-0.2, -0.15) is 5.10 Å². The van der Waals surface area contributed by atoms with Crippen LogP contribution in [0.25, 0.3) is 22.4 Å². The van der Waals surface area contributed by atoms with Crippen LogP contribution >= 0.6 is 0 Å². The first-order valence-electron chi connectivity index (χ1n) is 13.1.